The number of hydrogen-bond acceptors (Lipinski definition) is 5. The fourth-order valence-electron chi connectivity index (χ4n) is 2.25. The SMILES string of the molecule is CS(=O)(=O)N1CCN[C@H]2CS(=O)(=O)C[C@H]21. The van der Waals surface area contributed by atoms with Gasteiger partial charge in [-0.3, -0.25) is 0 Å². The molecule has 0 bridgehead atoms. The Hall–Kier alpha value is -0.180. The van der Waals surface area contributed by atoms with Crippen LogP contribution in [0.4, 0.5) is 0 Å². The van der Waals surface area contributed by atoms with Crippen LogP contribution >= 0.6 is 0 Å². The van der Waals surface area contributed by atoms with E-state index in [1.807, 2.05) is 0 Å². The average molecular weight is 254 g/mol. The van der Waals surface area contributed by atoms with Crippen molar-refractivity contribution in [1.82, 2.24) is 9.62 Å². The Morgan fingerprint density at radius 2 is 2.00 bits per heavy atom. The highest BCUT2D eigenvalue weighted by molar-refractivity contribution is 7.92. The van der Waals surface area contributed by atoms with Crippen LogP contribution in [0.3, 0.4) is 0 Å². The molecule has 0 unspecified atom stereocenters. The molecule has 0 spiro atoms. The van der Waals surface area contributed by atoms with E-state index < -0.39 is 25.9 Å². The number of piperazine rings is 1. The summed E-state index contributed by atoms with van der Waals surface area (Å²) in [6, 6.07) is -0.655. The predicted molar refractivity (Wildman–Crippen MR) is 55.8 cm³/mol. The molecule has 2 heterocycles. The van der Waals surface area contributed by atoms with Crippen LogP contribution in [0.25, 0.3) is 0 Å². The number of rotatable bonds is 1. The van der Waals surface area contributed by atoms with Crippen LogP contribution in [0, 0.1) is 0 Å². The summed E-state index contributed by atoms with van der Waals surface area (Å²) in [4.78, 5) is 0. The second kappa shape index (κ2) is 3.41. The van der Waals surface area contributed by atoms with Crippen molar-refractivity contribution in [2.45, 2.75) is 12.1 Å². The summed E-state index contributed by atoms with van der Waals surface area (Å²) in [5.41, 5.74) is 0. The second-order valence-electron chi connectivity index (χ2n) is 4.08. The number of nitrogens with one attached hydrogen (secondary N) is 1. The Morgan fingerprint density at radius 3 is 2.60 bits per heavy atom. The summed E-state index contributed by atoms with van der Waals surface area (Å²) in [7, 11) is -6.39. The summed E-state index contributed by atoms with van der Waals surface area (Å²) in [5.74, 6) is -0.0125. The first-order valence-electron chi connectivity index (χ1n) is 4.70. The Bertz CT molecular complexity index is 455. The molecule has 8 heteroatoms. The van der Waals surface area contributed by atoms with Gasteiger partial charge in [0.05, 0.1) is 23.8 Å². The molecule has 0 aromatic rings. The van der Waals surface area contributed by atoms with Crippen LogP contribution in [0.5, 0.6) is 0 Å². The molecular weight excluding hydrogens is 240 g/mol. The maximum absolute atomic E-state index is 11.4. The van der Waals surface area contributed by atoms with Gasteiger partial charge in [-0.05, 0) is 0 Å². The van der Waals surface area contributed by atoms with Crippen LogP contribution in [-0.2, 0) is 19.9 Å². The molecule has 2 atom stereocenters. The van der Waals surface area contributed by atoms with E-state index in [2.05, 4.69) is 5.32 Å². The molecule has 88 valence electrons. The summed E-state index contributed by atoms with van der Waals surface area (Å²) in [6.07, 6.45) is 1.13. The van der Waals surface area contributed by atoms with Gasteiger partial charge in [0.25, 0.3) is 0 Å². The van der Waals surface area contributed by atoms with E-state index >= 15 is 0 Å². The zero-order valence-electron chi connectivity index (χ0n) is 8.38. The van der Waals surface area contributed by atoms with Crippen molar-refractivity contribution in [2.24, 2.45) is 0 Å². The van der Waals surface area contributed by atoms with E-state index in [0.29, 0.717) is 13.1 Å². The molecule has 0 saturated carbocycles. The molecule has 0 radical (unpaired) electrons. The first kappa shape index (κ1) is 11.3. The topological polar surface area (TPSA) is 83.6 Å². The summed E-state index contributed by atoms with van der Waals surface area (Å²) < 4.78 is 47.0. The molecule has 0 aromatic heterocycles. The molecule has 2 rings (SSSR count). The lowest BCUT2D eigenvalue weighted by Crippen LogP contribution is -2.58. The second-order valence-corrected chi connectivity index (χ2v) is 8.17. The number of sulfone groups is 1. The largest absolute Gasteiger partial charge is 0.310 e. The summed E-state index contributed by atoms with van der Waals surface area (Å²) in [5, 5.41) is 3.05. The molecule has 0 aromatic carbocycles. The zero-order chi connectivity index (χ0) is 11.3. The molecule has 15 heavy (non-hydrogen) atoms. The third-order valence-corrected chi connectivity index (χ3v) is 5.88. The van der Waals surface area contributed by atoms with Crippen molar-refractivity contribution in [1.29, 1.82) is 0 Å². The summed E-state index contributed by atoms with van der Waals surface area (Å²) in [6.45, 7) is 0.874. The van der Waals surface area contributed by atoms with E-state index in [-0.39, 0.29) is 17.5 Å². The Morgan fingerprint density at radius 1 is 1.33 bits per heavy atom. The van der Waals surface area contributed by atoms with E-state index in [0.717, 1.165) is 6.26 Å². The third-order valence-electron chi connectivity index (χ3n) is 2.86. The highest BCUT2D eigenvalue weighted by atomic mass is 32.2. The van der Waals surface area contributed by atoms with E-state index in [9.17, 15) is 16.8 Å². The van der Waals surface area contributed by atoms with Crippen molar-refractivity contribution in [3.8, 4) is 0 Å². The molecule has 2 fully saturated rings. The Labute approximate surface area is 89.6 Å². The monoisotopic (exact) mass is 254 g/mol. The van der Waals surface area contributed by atoms with Gasteiger partial charge >= 0.3 is 0 Å². The van der Waals surface area contributed by atoms with Crippen molar-refractivity contribution in [3.63, 3.8) is 0 Å². The molecule has 2 aliphatic rings. The maximum Gasteiger partial charge on any atom is 0.211 e. The Kier molecular flexibility index (Phi) is 2.57. The minimum atomic E-state index is -3.30. The van der Waals surface area contributed by atoms with E-state index in [1.165, 1.54) is 4.31 Å². The van der Waals surface area contributed by atoms with Gasteiger partial charge in [-0.25, -0.2) is 16.8 Å². The number of hydrogen-bond donors (Lipinski definition) is 1. The molecule has 2 saturated heterocycles. The fraction of sp³-hybridized carbons (Fsp3) is 1.00. The minimum Gasteiger partial charge on any atom is -0.310 e. The van der Waals surface area contributed by atoms with Crippen LogP contribution in [0.1, 0.15) is 0 Å². The molecule has 1 N–H and O–H groups in total. The van der Waals surface area contributed by atoms with E-state index in [4.69, 9.17) is 0 Å². The average Bonchev–Trinajstić information content (AvgIpc) is 2.35. The van der Waals surface area contributed by atoms with Crippen LogP contribution in [0.2, 0.25) is 0 Å². The number of nitrogens with zero attached hydrogens (tertiary/aromatic N) is 1. The minimum absolute atomic E-state index is 0.0453. The van der Waals surface area contributed by atoms with Crippen molar-refractivity contribution < 1.29 is 16.8 Å². The van der Waals surface area contributed by atoms with Gasteiger partial charge in [0.2, 0.25) is 10.0 Å². The molecular formula is C7H14N2O4S2. The highest BCUT2D eigenvalue weighted by Crippen LogP contribution is 2.22. The lowest BCUT2D eigenvalue weighted by molar-refractivity contribution is 0.248. The Balaban J connectivity index is 2.31. The highest BCUT2D eigenvalue weighted by Gasteiger charge is 2.45. The molecule has 0 amide bonds. The maximum atomic E-state index is 11.4. The van der Waals surface area contributed by atoms with Gasteiger partial charge in [-0.1, -0.05) is 0 Å². The molecule has 6 nitrogen and oxygen atoms in total. The quantitative estimate of drug-likeness (QED) is 0.586. The van der Waals surface area contributed by atoms with Crippen molar-refractivity contribution in [3.05, 3.63) is 0 Å². The van der Waals surface area contributed by atoms with Gasteiger partial charge in [-0.15, -0.1) is 0 Å². The number of sulfonamides is 1. The van der Waals surface area contributed by atoms with Gasteiger partial charge < -0.3 is 5.32 Å². The first-order valence-corrected chi connectivity index (χ1v) is 8.37. The van der Waals surface area contributed by atoms with Crippen molar-refractivity contribution in [2.75, 3.05) is 30.9 Å². The third kappa shape index (κ3) is 2.17. The van der Waals surface area contributed by atoms with Gasteiger partial charge in [0.15, 0.2) is 9.84 Å². The standard InChI is InChI=1S/C7H14N2O4S2/c1-14(10,11)9-3-2-8-6-4-15(12,13)5-7(6)9/h6-8H,2-5H2,1H3/t6-,7+/m0/s1. The van der Waals surface area contributed by atoms with Crippen LogP contribution in [-0.4, -0.2) is 64.1 Å². The lowest BCUT2D eigenvalue weighted by Gasteiger charge is -2.35. The predicted octanol–water partition coefficient (Wildman–Crippen LogP) is -1.98. The van der Waals surface area contributed by atoms with E-state index in [1.54, 1.807) is 0 Å². The molecule has 2 aliphatic heterocycles. The van der Waals surface area contributed by atoms with Gasteiger partial charge in [0, 0.05) is 19.1 Å². The van der Waals surface area contributed by atoms with Crippen LogP contribution in [0.15, 0.2) is 0 Å². The molecule has 0 aliphatic carbocycles. The van der Waals surface area contributed by atoms with Gasteiger partial charge in [0.1, 0.15) is 0 Å². The zero-order valence-corrected chi connectivity index (χ0v) is 10.0. The first-order chi connectivity index (χ1) is 6.80. The van der Waals surface area contributed by atoms with Crippen molar-refractivity contribution >= 4 is 19.9 Å². The lowest BCUT2D eigenvalue weighted by atomic mass is 10.1. The number of fused-ring (bicyclic) bond motifs is 1. The van der Waals surface area contributed by atoms with Gasteiger partial charge in [-0.2, -0.15) is 4.31 Å². The normalized spacial score (nSPS) is 36.3. The smallest absolute Gasteiger partial charge is 0.211 e. The fourth-order valence-corrected chi connectivity index (χ4v) is 5.43. The van der Waals surface area contributed by atoms with Crippen LogP contribution < -0.4 is 5.32 Å². The summed E-state index contributed by atoms with van der Waals surface area (Å²) >= 11 is 0.